The van der Waals surface area contributed by atoms with E-state index >= 15 is 0 Å². The number of carbonyl (C=O) groups is 2. The third-order valence-electron chi connectivity index (χ3n) is 7.38. The minimum atomic E-state index is -0.991. The number of esters is 1. The SMILES string of the molecule is CCOC(=O)C1=C(C)N=c2sc(=Cc3cc(C)n(-c4ccc(C(=O)O)cc4)c3C)c(=O)n2[C@H]1c1cc(OC)ccc1OC. The smallest absolute Gasteiger partial charge is 0.338 e. The Labute approximate surface area is 251 Å². The number of hydrogen-bond donors (Lipinski definition) is 1. The summed E-state index contributed by atoms with van der Waals surface area (Å²) in [5.41, 5.74) is 4.56. The van der Waals surface area contributed by atoms with Gasteiger partial charge in [0.15, 0.2) is 4.80 Å². The third-order valence-corrected chi connectivity index (χ3v) is 8.36. The van der Waals surface area contributed by atoms with Crippen LogP contribution in [0.2, 0.25) is 0 Å². The average Bonchev–Trinajstić information content (AvgIpc) is 3.45. The molecule has 1 N–H and O–H groups in total. The van der Waals surface area contributed by atoms with Crippen LogP contribution in [-0.2, 0) is 9.53 Å². The molecule has 3 heterocycles. The Balaban J connectivity index is 1.70. The van der Waals surface area contributed by atoms with E-state index in [9.17, 15) is 19.5 Å². The topological polar surface area (TPSA) is 121 Å². The number of aromatic carboxylic acids is 1. The fourth-order valence-electron chi connectivity index (χ4n) is 5.36. The van der Waals surface area contributed by atoms with Gasteiger partial charge in [0.2, 0.25) is 0 Å². The molecule has 0 amide bonds. The zero-order chi connectivity index (χ0) is 31.0. The number of carbonyl (C=O) groups excluding carboxylic acids is 1. The number of methoxy groups -OCH3 is 2. The number of hydrogen-bond acceptors (Lipinski definition) is 8. The van der Waals surface area contributed by atoms with E-state index in [4.69, 9.17) is 14.2 Å². The molecule has 0 spiro atoms. The lowest BCUT2D eigenvalue weighted by Crippen LogP contribution is -2.40. The Bertz CT molecular complexity index is 1960. The van der Waals surface area contributed by atoms with E-state index in [-0.39, 0.29) is 23.3 Å². The third kappa shape index (κ3) is 5.27. The quantitative estimate of drug-likeness (QED) is 0.304. The number of carboxylic acids is 1. The number of allylic oxidation sites excluding steroid dienone is 1. The first-order valence-corrected chi connectivity index (χ1v) is 14.4. The van der Waals surface area contributed by atoms with E-state index < -0.39 is 18.0 Å². The first kappa shape index (κ1) is 29.6. The Morgan fingerprint density at radius 1 is 1.05 bits per heavy atom. The second-order valence-corrected chi connectivity index (χ2v) is 10.9. The zero-order valence-corrected chi connectivity index (χ0v) is 25.4. The summed E-state index contributed by atoms with van der Waals surface area (Å²) in [5, 5.41) is 9.26. The highest BCUT2D eigenvalue weighted by molar-refractivity contribution is 7.07. The van der Waals surface area contributed by atoms with E-state index in [1.807, 2.05) is 30.6 Å². The van der Waals surface area contributed by atoms with Crippen LogP contribution in [0.25, 0.3) is 11.8 Å². The maximum absolute atomic E-state index is 14.1. The molecule has 2 aromatic heterocycles. The Kier molecular flexibility index (Phi) is 8.10. The molecule has 0 bridgehead atoms. The normalized spacial score (nSPS) is 14.7. The fourth-order valence-corrected chi connectivity index (χ4v) is 6.40. The minimum absolute atomic E-state index is 0.163. The number of rotatable bonds is 8. The number of carboxylic acid groups (broad SMARTS) is 1. The molecule has 0 radical (unpaired) electrons. The highest BCUT2D eigenvalue weighted by Crippen LogP contribution is 2.37. The fraction of sp³-hybridized carbons (Fsp3) is 0.250. The van der Waals surface area contributed by atoms with Gasteiger partial charge in [-0.25, -0.2) is 14.6 Å². The van der Waals surface area contributed by atoms with Gasteiger partial charge in [0.1, 0.15) is 17.5 Å². The summed E-state index contributed by atoms with van der Waals surface area (Å²) in [6, 6.07) is 13.0. The molecule has 222 valence electrons. The number of aromatic nitrogens is 2. The molecule has 0 fully saturated rings. The molecule has 5 rings (SSSR count). The average molecular weight is 602 g/mol. The molecule has 1 aliphatic rings. The number of fused-ring (bicyclic) bond motifs is 1. The number of ether oxygens (including phenoxy) is 3. The number of nitrogens with zero attached hydrogens (tertiary/aromatic N) is 3. The van der Waals surface area contributed by atoms with Gasteiger partial charge in [-0.3, -0.25) is 9.36 Å². The van der Waals surface area contributed by atoms with Crippen molar-refractivity contribution in [3.05, 3.63) is 108 Å². The van der Waals surface area contributed by atoms with Crippen LogP contribution in [0.3, 0.4) is 0 Å². The summed E-state index contributed by atoms with van der Waals surface area (Å²) in [6.07, 6.45) is 1.82. The summed E-state index contributed by atoms with van der Waals surface area (Å²) < 4.78 is 20.5. The monoisotopic (exact) mass is 601 g/mol. The van der Waals surface area contributed by atoms with Crippen LogP contribution in [0.1, 0.15) is 52.8 Å². The van der Waals surface area contributed by atoms with Crippen molar-refractivity contribution >= 4 is 29.4 Å². The molecular formula is C32H31N3O7S. The van der Waals surface area contributed by atoms with E-state index in [2.05, 4.69) is 4.99 Å². The standard InChI is InChI=1S/C32H31N3O7S/c1-7-42-31(39)27-18(3)33-32-35(28(27)24-16-23(40-5)12-13-25(24)41-6)29(36)26(43-32)15-21-14-17(2)34(19(21)4)22-10-8-20(9-11-22)30(37)38/h8-16,28H,7H2,1-6H3,(H,37,38)/t28-/m0/s1. The number of aryl methyl sites for hydroxylation is 1. The van der Waals surface area contributed by atoms with Crippen molar-refractivity contribution in [2.24, 2.45) is 4.99 Å². The van der Waals surface area contributed by atoms with Crippen molar-refractivity contribution in [2.45, 2.75) is 33.7 Å². The molecule has 43 heavy (non-hydrogen) atoms. The van der Waals surface area contributed by atoms with Crippen LogP contribution in [0.5, 0.6) is 11.5 Å². The molecule has 0 aliphatic carbocycles. The molecule has 0 saturated carbocycles. The predicted molar refractivity (Wildman–Crippen MR) is 162 cm³/mol. The lowest BCUT2D eigenvalue weighted by atomic mass is 9.94. The van der Waals surface area contributed by atoms with Gasteiger partial charge in [-0.1, -0.05) is 11.3 Å². The van der Waals surface area contributed by atoms with E-state index in [0.717, 1.165) is 22.6 Å². The van der Waals surface area contributed by atoms with Crippen LogP contribution in [-0.4, -0.2) is 47.0 Å². The maximum Gasteiger partial charge on any atom is 0.338 e. The lowest BCUT2D eigenvalue weighted by Gasteiger charge is -2.26. The largest absolute Gasteiger partial charge is 0.497 e. The van der Waals surface area contributed by atoms with Crippen LogP contribution >= 0.6 is 11.3 Å². The zero-order valence-electron chi connectivity index (χ0n) is 24.6. The van der Waals surface area contributed by atoms with Gasteiger partial charge >= 0.3 is 11.9 Å². The van der Waals surface area contributed by atoms with Gasteiger partial charge < -0.3 is 23.9 Å². The van der Waals surface area contributed by atoms with E-state index in [0.29, 0.717) is 32.1 Å². The molecule has 4 aromatic rings. The van der Waals surface area contributed by atoms with Crippen molar-refractivity contribution in [2.75, 3.05) is 20.8 Å². The van der Waals surface area contributed by atoms with Gasteiger partial charge in [-0.2, -0.15) is 0 Å². The Hall–Kier alpha value is -4.90. The highest BCUT2D eigenvalue weighted by atomic mass is 32.1. The van der Waals surface area contributed by atoms with Crippen LogP contribution in [0.15, 0.2) is 69.6 Å². The van der Waals surface area contributed by atoms with Crippen molar-refractivity contribution in [3.8, 4) is 17.2 Å². The minimum Gasteiger partial charge on any atom is -0.497 e. The molecule has 1 atom stereocenters. The number of benzene rings is 2. The van der Waals surface area contributed by atoms with Gasteiger partial charge in [0.25, 0.3) is 5.56 Å². The second kappa shape index (κ2) is 11.8. The first-order chi connectivity index (χ1) is 20.6. The van der Waals surface area contributed by atoms with Crippen molar-refractivity contribution < 1.29 is 28.9 Å². The van der Waals surface area contributed by atoms with E-state index in [1.54, 1.807) is 63.4 Å². The van der Waals surface area contributed by atoms with Gasteiger partial charge in [0.05, 0.1) is 42.2 Å². The van der Waals surface area contributed by atoms with Crippen LogP contribution in [0, 0.1) is 13.8 Å². The molecule has 11 heteroatoms. The Morgan fingerprint density at radius 3 is 2.40 bits per heavy atom. The predicted octanol–water partition coefficient (Wildman–Crippen LogP) is 3.92. The molecule has 10 nitrogen and oxygen atoms in total. The van der Waals surface area contributed by atoms with Crippen LogP contribution in [0.4, 0.5) is 0 Å². The van der Waals surface area contributed by atoms with Crippen molar-refractivity contribution in [1.82, 2.24) is 9.13 Å². The van der Waals surface area contributed by atoms with Gasteiger partial charge in [-0.05, 0) is 87.9 Å². The van der Waals surface area contributed by atoms with Gasteiger partial charge in [-0.15, -0.1) is 0 Å². The first-order valence-electron chi connectivity index (χ1n) is 13.5. The lowest BCUT2D eigenvalue weighted by molar-refractivity contribution is -0.139. The highest BCUT2D eigenvalue weighted by Gasteiger charge is 2.35. The van der Waals surface area contributed by atoms with Crippen molar-refractivity contribution in [3.63, 3.8) is 0 Å². The molecule has 0 unspecified atom stereocenters. The Morgan fingerprint density at radius 2 is 1.77 bits per heavy atom. The van der Waals surface area contributed by atoms with E-state index in [1.165, 1.54) is 23.0 Å². The van der Waals surface area contributed by atoms with Crippen molar-refractivity contribution in [1.29, 1.82) is 0 Å². The maximum atomic E-state index is 14.1. The summed E-state index contributed by atoms with van der Waals surface area (Å²) in [6.45, 7) is 7.50. The summed E-state index contributed by atoms with van der Waals surface area (Å²) in [5.74, 6) is -0.533. The summed E-state index contributed by atoms with van der Waals surface area (Å²) in [7, 11) is 3.07. The second-order valence-electron chi connectivity index (χ2n) is 9.92. The molecular weight excluding hydrogens is 570 g/mol. The molecule has 1 aliphatic heterocycles. The molecule has 0 saturated heterocycles. The number of thiazole rings is 1. The molecule has 2 aromatic carbocycles. The summed E-state index contributed by atoms with van der Waals surface area (Å²) in [4.78, 5) is 43.8. The van der Waals surface area contributed by atoms with Gasteiger partial charge in [0, 0.05) is 22.6 Å². The summed E-state index contributed by atoms with van der Waals surface area (Å²) >= 11 is 1.23. The van der Waals surface area contributed by atoms with Crippen LogP contribution < -0.4 is 24.4 Å².